The van der Waals surface area contributed by atoms with Gasteiger partial charge in [0.05, 0.1) is 7.11 Å². The maximum Gasteiger partial charge on any atom is 0.235 e. The number of pyridine rings is 1. The second-order valence-electron chi connectivity index (χ2n) is 2.62. The molecule has 1 N–H and O–H groups in total. The van der Waals surface area contributed by atoms with Crippen LogP contribution in [0, 0.1) is 0 Å². The largest absolute Gasteiger partial charge is 0.481 e. The number of nitrogens with one attached hydrogen (secondary N) is 1. The summed E-state index contributed by atoms with van der Waals surface area (Å²) in [6.07, 6.45) is 1.63. The molecule has 1 amide bonds. The average molecular weight is 215 g/mol. The van der Waals surface area contributed by atoms with Gasteiger partial charge in [-0.2, -0.15) is 0 Å². The molecule has 0 atom stereocenters. The molecule has 0 radical (unpaired) electrons. The molecule has 4 nitrogen and oxygen atoms in total. The van der Waals surface area contributed by atoms with Gasteiger partial charge in [0.1, 0.15) is 5.88 Å². The van der Waals surface area contributed by atoms with Crippen LogP contribution in [0.2, 0.25) is 0 Å². The number of halogens is 1. The van der Waals surface area contributed by atoms with Gasteiger partial charge in [0.25, 0.3) is 0 Å². The van der Waals surface area contributed by atoms with Gasteiger partial charge in [0.15, 0.2) is 0 Å². The Morgan fingerprint density at radius 1 is 1.71 bits per heavy atom. The second kappa shape index (κ2) is 5.44. The SMILES string of the molecule is COc1cc(CNC(=O)CCl)ccn1. The highest BCUT2D eigenvalue weighted by Gasteiger charge is 1.99. The zero-order valence-electron chi connectivity index (χ0n) is 7.79. The normalized spacial score (nSPS) is 9.57. The number of carbonyl (C=O) groups is 1. The van der Waals surface area contributed by atoms with E-state index in [9.17, 15) is 4.79 Å². The molecule has 0 aliphatic rings. The highest BCUT2D eigenvalue weighted by Crippen LogP contribution is 2.07. The average Bonchev–Trinajstić information content (AvgIpc) is 2.26. The van der Waals surface area contributed by atoms with Gasteiger partial charge in [-0.25, -0.2) is 4.98 Å². The van der Waals surface area contributed by atoms with Gasteiger partial charge >= 0.3 is 0 Å². The number of methoxy groups -OCH3 is 1. The Morgan fingerprint density at radius 2 is 2.50 bits per heavy atom. The fourth-order valence-electron chi connectivity index (χ4n) is 0.920. The first-order valence-corrected chi connectivity index (χ1v) is 4.61. The summed E-state index contributed by atoms with van der Waals surface area (Å²) in [5.74, 6) is 0.312. The predicted octanol–water partition coefficient (Wildman–Crippen LogP) is 0.945. The molecule has 1 aromatic rings. The Hall–Kier alpha value is -1.29. The predicted molar refractivity (Wildman–Crippen MR) is 53.4 cm³/mol. The molecule has 0 bridgehead atoms. The standard InChI is InChI=1S/C9H11ClN2O2/c1-14-9-4-7(2-3-11-9)6-12-8(13)5-10/h2-4H,5-6H2,1H3,(H,12,13). The van der Waals surface area contributed by atoms with Crippen LogP contribution in [0.5, 0.6) is 5.88 Å². The van der Waals surface area contributed by atoms with Crippen molar-refractivity contribution in [1.82, 2.24) is 10.3 Å². The molecule has 0 saturated carbocycles. The minimum Gasteiger partial charge on any atom is -0.481 e. The third-order valence-corrected chi connectivity index (χ3v) is 1.86. The summed E-state index contributed by atoms with van der Waals surface area (Å²) in [7, 11) is 1.55. The molecule has 1 aromatic heterocycles. The Balaban J connectivity index is 2.54. The van der Waals surface area contributed by atoms with Crippen molar-refractivity contribution in [3.8, 4) is 5.88 Å². The van der Waals surface area contributed by atoms with Crippen LogP contribution in [0.25, 0.3) is 0 Å². The maximum absolute atomic E-state index is 10.8. The lowest BCUT2D eigenvalue weighted by atomic mass is 10.2. The smallest absolute Gasteiger partial charge is 0.235 e. The molecule has 0 aromatic carbocycles. The summed E-state index contributed by atoms with van der Waals surface area (Å²) in [5, 5.41) is 2.65. The Kier molecular flexibility index (Phi) is 4.19. The summed E-state index contributed by atoms with van der Waals surface area (Å²) in [6.45, 7) is 0.435. The van der Waals surface area contributed by atoms with Crippen LogP contribution in [0.15, 0.2) is 18.3 Å². The minimum atomic E-state index is -0.192. The molecule has 1 heterocycles. The number of aromatic nitrogens is 1. The van der Waals surface area contributed by atoms with Crippen molar-refractivity contribution in [3.63, 3.8) is 0 Å². The number of carbonyl (C=O) groups excluding carboxylic acids is 1. The topological polar surface area (TPSA) is 51.2 Å². The first kappa shape index (κ1) is 10.8. The summed E-state index contributed by atoms with van der Waals surface area (Å²) in [6, 6.07) is 3.56. The van der Waals surface area contributed by atoms with Crippen LogP contribution in [0.3, 0.4) is 0 Å². The monoisotopic (exact) mass is 214 g/mol. The molecule has 0 unspecified atom stereocenters. The lowest BCUT2D eigenvalue weighted by molar-refractivity contribution is -0.118. The number of hydrogen-bond acceptors (Lipinski definition) is 3. The number of rotatable bonds is 4. The Bertz CT molecular complexity index is 317. The van der Waals surface area contributed by atoms with Gasteiger partial charge in [0, 0.05) is 18.8 Å². The van der Waals surface area contributed by atoms with E-state index in [-0.39, 0.29) is 11.8 Å². The fraction of sp³-hybridized carbons (Fsp3) is 0.333. The molecule has 0 aliphatic heterocycles. The first-order valence-electron chi connectivity index (χ1n) is 4.08. The van der Waals surface area contributed by atoms with Crippen molar-refractivity contribution in [2.75, 3.05) is 13.0 Å². The van der Waals surface area contributed by atoms with E-state index in [0.29, 0.717) is 12.4 Å². The number of nitrogens with zero attached hydrogens (tertiary/aromatic N) is 1. The third-order valence-electron chi connectivity index (χ3n) is 1.62. The summed E-state index contributed by atoms with van der Waals surface area (Å²) >= 11 is 5.33. The van der Waals surface area contributed by atoms with Crippen molar-refractivity contribution in [2.24, 2.45) is 0 Å². The number of alkyl halides is 1. The molecule has 76 valence electrons. The number of hydrogen-bond donors (Lipinski definition) is 1. The van der Waals surface area contributed by atoms with Gasteiger partial charge in [-0.15, -0.1) is 11.6 Å². The van der Waals surface area contributed by atoms with E-state index >= 15 is 0 Å². The lowest BCUT2D eigenvalue weighted by Gasteiger charge is -2.04. The fourth-order valence-corrected chi connectivity index (χ4v) is 1.01. The highest BCUT2D eigenvalue weighted by molar-refractivity contribution is 6.27. The molecular weight excluding hydrogens is 204 g/mol. The van der Waals surface area contributed by atoms with E-state index < -0.39 is 0 Å². The van der Waals surface area contributed by atoms with Crippen LogP contribution in [0.1, 0.15) is 5.56 Å². The van der Waals surface area contributed by atoms with E-state index in [4.69, 9.17) is 16.3 Å². The van der Waals surface area contributed by atoms with Crippen molar-refractivity contribution >= 4 is 17.5 Å². The van der Waals surface area contributed by atoms with Gasteiger partial charge in [-0.3, -0.25) is 4.79 Å². The summed E-state index contributed by atoms with van der Waals surface area (Å²) in [4.78, 5) is 14.8. The third kappa shape index (κ3) is 3.22. The second-order valence-corrected chi connectivity index (χ2v) is 2.88. The van der Waals surface area contributed by atoms with E-state index in [0.717, 1.165) is 5.56 Å². The summed E-state index contributed by atoms with van der Waals surface area (Å²) in [5.41, 5.74) is 0.926. The van der Waals surface area contributed by atoms with E-state index in [2.05, 4.69) is 10.3 Å². The van der Waals surface area contributed by atoms with E-state index in [1.165, 1.54) is 0 Å². The molecule has 0 aliphatic carbocycles. The molecule has 0 spiro atoms. The maximum atomic E-state index is 10.8. The lowest BCUT2D eigenvalue weighted by Crippen LogP contribution is -2.23. The molecular formula is C9H11ClN2O2. The Labute approximate surface area is 87.2 Å². The highest BCUT2D eigenvalue weighted by atomic mass is 35.5. The number of amides is 1. The van der Waals surface area contributed by atoms with E-state index in [1.54, 1.807) is 25.4 Å². The molecule has 14 heavy (non-hydrogen) atoms. The van der Waals surface area contributed by atoms with Crippen molar-refractivity contribution in [1.29, 1.82) is 0 Å². The minimum absolute atomic E-state index is 0.0256. The van der Waals surface area contributed by atoms with Crippen LogP contribution >= 0.6 is 11.6 Å². The molecule has 1 rings (SSSR count). The quantitative estimate of drug-likeness (QED) is 0.760. The van der Waals surface area contributed by atoms with Gasteiger partial charge in [-0.1, -0.05) is 0 Å². The van der Waals surface area contributed by atoms with Crippen LogP contribution in [0.4, 0.5) is 0 Å². The van der Waals surface area contributed by atoms with E-state index in [1.807, 2.05) is 0 Å². The van der Waals surface area contributed by atoms with Crippen molar-refractivity contribution in [2.45, 2.75) is 6.54 Å². The van der Waals surface area contributed by atoms with Crippen molar-refractivity contribution < 1.29 is 9.53 Å². The van der Waals surface area contributed by atoms with Crippen LogP contribution in [-0.2, 0) is 11.3 Å². The summed E-state index contributed by atoms with van der Waals surface area (Å²) < 4.78 is 4.94. The van der Waals surface area contributed by atoms with Crippen LogP contribution < -0.4 is 10.1 Å². The van der Waals surface area contributed by atoms with Gasteiger partial charge < -0.3 is 10.1 Å². The molecule has 0 saturated heterocycles. The molecule has 0 fully saturated rings. The first-order chi connectivity index (χ1) is 6.76. The molecule has 5 heteroatoms. The zero-order chi connectivity index (χ0) is 10.4. The zero-order valence-corrected chi connectivity index (χ0v) is 8.54. The Morgan fingerprint density at radius 3 is 3.14 bits per heavy atom. The van der Waals surface area contributed by atoms with Crippen molar-refractivity contribution in [3.05, 3.63) is 23.9 Å². The number of ether oxygens (including phenoxy) is 1. The van der Waals surface area contributed by atoms with Crippen LogP contribution in [-0.4, -0.2) is 23.9 Å². The van der Waals surface area contributed by atoms with Gasteiger partial charge in [-0.05, 0) is 11.6 Å². The van der Waals surface area contributed by atoms with Gasteiger partial charge in [0.2, 0.25) is 11.8 Å².